The molecule has 4 saturated heterocycles. The SMILES string of the molecule is CC(C)(C)OC(=O)N1Cc2nc(-c3c(F)cccc3C#N)cc(Cl)c2C1=O.C[C@@H]1CC(O)C[C@H](C)N1c1ccn(-c2cc(-c3c(F)cccc3C#N)nc3c2C(=O)N(C(=O)OC(C)(C)C)C3)n1.C[C@@H]1CC(O)C[C@H](C)N1c1ccn(-c2cc(-c3c(F)cccc3C#N)nc3c2C(=O)NC3)n1.C[C@@H]1CC(O)C[C@H](C)N1c1ccn(Cc2ccccc2)n1.C[C@@H]1CC(O)C[C@H](C)N1c1ccn[nH]1. The number of ether oxygens (including phenoxy) is 2. The zero-order chi connectivity index (χ0) is 97.1. The van der Waals surface area contributed by atoms with Gasteiger partial charge in [-0.05, 0) is 208 Å². The molecule has 0 bridgehead atoms. The second kappa shape index (κ2) is 40.5. The molecule has 36 heteroatoms. The van der Waals surface area contributed by atoms with E-state index in [0.717, 1.165) is 59.5 Å². The number of nitrogens with one attached hydrogen (secondary N) is 2. The number of halogens is 4. The number of hydrogen-bond acceptors (Lipinski definition) is 25. The molecule has 6 N–H and O–H groups in total. The van der Waals surface area contributed by atoms with E-state index in [1.165, 1.54) is 77.0 Å². The number of carbonyl (C=O) groups excluding carboxylic acids is 5. The van der Waals surface area contributed by atoms with E-state index >= 15 is 4.39 Å². The Morgan fingerprint density at radius 2 is 0.830 bits per heavy atom. The molecular weight excluding hydrogens is 1750 g/mol. The Labute approximate surface area is 785 Å². The Bertz CT molecular complexity index is 6330. The molecule has 32 nitrogen and oxygen atoms in total. The Hall–Kier alpha value is -13.9. The maximum Gasteiger partial charge on any atom is 0.417 e. The normalized spacial score (nSPS) is 21.8. The molecule has 7 aliphatic heterocycles. The number of aliphatic hydroxyl groups is 4. The summed E-state index contributed by atoms with van der Waals surface area (Å²) in [5.74, 6) is 0.119. The monoisotopic (exact) mass is 1860 g/mol. The summed E-state index contributed by atoms with van der Waals surface area (Å²) in [5, 5.41) is 92.1. The molecule has 4 aromatic carbocycles. The largest absolute Gasteiger partial charge is 0.443 e. The number of anilines is 4. The summed E-state index contributed by atoms with van der Waals surface area (Å²) in [6.07, 6.45) is 10.4. The molecule has 7 aliphatic rings. The third-order valence-corrected chi connectivity index (χ3v) is 24.8. The van der Waals surface area contributed by atoms with Crippen LogP contribution in [0.2, 0.25) is 5.02 Å². The molecule has 0 spiro atoms. The zero-order valence-electron chi connectivity index (χ0n) is 77.5. The third kappa shape index (κ3) is 21.5. The molecule has 704 valence electrons. The average Bonchev–Trinajstić information content (AvgIpc) is 1.20. The zero-order valence-corrected chi connectivity index (χ0v) is 78.3. The highest BCUT2D eigenvalue weighted by atomic mass is 35.5. The Morgan fingerprint density at radius 1 is 0.459 bits per heavy atom. The number of H-pyrrole nitrogens is 1. The number of carbonyl (C=O) groups is 5. The van der Waals surface area contributed by atoms with Gasteiger partial charge < -0.3 is 54.8 Å². The molecule has 12 atom stereocenters. The number of imide groups is 2. The summed E-state index contributed by atoms with van der Waals surface area (Å²) in [6.45, 7) is 27.6. The Morgan fingerprint density at radius 3 is 1.23 bits per heavy atom. The smallest absolute Gasteiger partial charge is 0.417 e. The van der Waals surface area contributed by atoms with E-state index in [0.29, 0.717) is 78.3 Å². The van der Waals surface area contributed by atoms with Crippen molar-refractivity contribution >= 4 is 64.8 Å². The number of fused-ring (bicyclic) bond motifs is 3. The topological polar surface area (TPSA) is 408 Å². The van der Waals surface area contributed by atoms with Crippen molar-refractivity contribution in [3.63, 3.8) is 0 Å². The number of aromatic amines is 1. The molecule has 14 heterocycles. The number of hydrogen-bond donors (Lipinski definition) is 6. The molecule has 11 aromatic rings. The standard InChI is InChI=1S/C29H31FN6O4.C24H23FN6O2.C19H15ClFN3O3.C17H23N3O.C10H17N3O/c1-16-11-19(37)12-17(2)36(16)24-9-10-35(33-24)23-13-21(25-18(14-31)7-6-8-20(25)30)32-22-15-34(27(38)26(22)23)28(39)40-29(3,4)5;1-13-8-16(32)9-14(2)31(13)21-6-7-30(29-21)20-10-18(28-19-12-27-24(33)23(19)20)22-15(11-26)4-3-5-17(22)25;1-19(2,3)27-18(26)24-9-14-16(17(24)25)11(20)7-13(23-14)15-10(8-22)5-4-6-12(15)21;1-13-10-16(21)11-14(2)20(13)17-8-9-19(18-17)12-15-6-4-3-5-7-15;1-7-5-9(14)6-8(2)13(7)10-3-4-11-12-10/h6-10,13,16-17,19,37H,11-12,15H2,1-5H3;3-7,10,13-14,16,32H,8-9,12H2,1-2H3,(H,27,33);4-7H,9H2,1-3H3;3-9,13-14,16,21H,10-12H2,1-2H3;3-4,7-9,14H,5-6H2,1-2H3,(H,11,12)/t16-,17+,19?;13-,14+,16?;;13-,14+,16?;7-,8+,9?. The molecule has 0 saturated carbocycles. The number of nitriles is 3. The van der Waals surface area contributed by atoms with E-state index in [1.54, 1.807) is 70.9 Å². The lowest BCUT2D eigenvalue weighted by molar-refractivity contribution is 0.0230. The molecule has 4 fully saturated rings. The second-order valence-corrected chi connectivity index (χ2v) is 37.6. The number of rotatable bonds is 11. The van der Waals surface area contributed by atoms with Crippen LogP contribution < -0.4 is 24.9 Å². The fourth-order valence-electron chi connectivity index (χ4n) is 19.0. The molecule has 4 unspecified atom stereocenters. The first-order chi connectivity index (χ1) is 64.2. The van der Waals surface area contributed by atoms with Gasteiger partial charge in [0.05, 0.1) is 176 Å². The van der Waals surface area contributed by atoms with Crippen molar-refractivity contribution < 1.29 is 67.0 Å². The lowest BCUT2D eigenvalue weighted by atomic mass is 9.95. The summed E-state index contributed by atoms with van der Waals surface area (Å²) in [6, 6.07) is 42.7. The number of aliphatic hydroxyl groups excluding tert-OH is 4. The van der Waals surface area contributed by atoms with Gasteiger partial charge in [-0.25, -0.2) is 56.9 Å². The van der Waals surface area contributed by atoms with Crippen LogP contribution in [-0.4, -0.2) is 199 Å². The number of aromatic nitrogens is 11. The van der Waals surface area contributed by atoms with Gasteiger partial charge in [0, 0.05) is 91.2 Å². The van der Waals surface area contributed by atoms with Crippen molar-refractivity contribution in [2.45, 2.75) is 258 Å². The molecule has 5 amide bonds. The van der Waals surface area contributed by atoms with E-state index in [1.807, 2.05) is 67.2 Å². The highest BCUT2D eigenvalue weighted by Gasteiger charge is 2.43. The molecular formula is C99H109ClF3N21O11. The highest BCUT2D eigenvalue weighted by Crippen LogP contribution is 2.41. The number of nitrogens with zero attached hydrogens (tertiary/aromatic N) is 19. The van der Waals surface area contributed by atoms with E-state index in [9.17, 15) is 69.0 Å². The van der Waals surface area contributed by atoms with Crippen LogP contribution in [0.1, 0.15) is 219 Å². The molecule has 7 aromatic heterocycles. The number of pyridine rings is 3. The summed E-state index contributed by atoms with van der Waals surface area (Å²) in [7, 11) is 0. The second-order valence-electron chi connectivity index (χ2n) is 37.2. The van der Waals surface area contributed by atoms with Crippen LogP contribution >= 0.6 is 11.6 Å². The van der Waals surface area contributed by atoms with Crippen molar-refractivity contribution in [2.75, 3.05) is 19.6 Å². The van der Waals surface area contributed by atoms with Gasteiger partial charge in [-0.1, -0.05) is 60.1 Å². The lowest BCUT2D eigenvalue weighted by Gasteiger charge is -2.41. The van der Waals surface area contributed by atoms with Crippen molar-refractivity contribution in [3.05, 3.63) is 231 Å². The maximum atomic E-state index is 15.0. The molecule has 135 heavy (non-hydrogen) atoms. The summed E-state index contributed by atoms with van der Waals surface area (Å²) in [4.78, 5) is 88.0. The lowest BCUT2D eigenvalue weighted by Crippen LogP contribution is -2.48. The van der Waals surface area contributed by atoms with Gasteiger partial charge in [0.15, 0.2) is 17.5 Å². The first kappa shape index (κ1) is 97.1. The third-order valence-electron chi connectivity index (χ3n) is 24.5. The van der Waals surface area contributed by atoms with Crippen LogP contribution in [0.15, 0.2) is 152 Å². The van der Waals surface area contributed by atoms with Crippen LogP contribution in [0.3, 0.4) is 0 Å². The van der Waals surface area contributed by atoms with Gasteiger partial charge in [-0.2, -0.15) is 36.2 Å². The van der Waals surface area contributed by atoms with Gasteiger partial charge in [-0.3, -0.25) is 24.2 Å². The van der Waals surface area contributed by atoms with E-state index < -0.39 is 52.7 Å². The minimum absolute atomic E-state index is 0.00291. The minimum atomic E-state index is -0.825. The fourth-order valence-corrected chi connectivity index (χ4v) is 19.3. The predicted octanol–water partition coefficient (Wildman–Crippen LogP) is 15.6. The van der Waals surface area contributed by atoms with Gasteiger partial charge in [0.2, 0.25) is 0 Å². The maximum absolute atomic E-state index is 15.0. The van der Waals surface area contributed by atoms with Crippen molar-refractivity contribution in [1.82, 2.24) is 69.6 Å². The molecule has 0 radical (unpaired) electrons. The van der Waals surface area contributed by atoms with Crippen LogP contribution in [0.5, 0.6) is 0 Å². The quantitative estimate of drug-likeness (QED) is 0.0700. The molecule has 0 aliphatic carbocycles. The summed E-state index contributed by atoms with van der Waals surface area (Å²) in [5.41, 5.74) is 2.95. The average molecular weight is 1860 g/mol. The van der Waals surface area contributed by atoms with Crippen molar-refractivity contribution in [2.24, 2.45) is 0 Å². The Balaban J connectivity index is 0.000000140. The van der Waals surface area contributed by atoms with Crippen LogP contribution in [-0.2, 0) is 35.7 Å². The first-order valence-electron chi connectivity index (χ1n) is 44.9. The summed E-state index contributed by atoms with van der Waals surface area (Å²) >= 11 is 6.23. The van der Waals surface area contributed by atoms with Gasteiger partial charge >= 0.3 is 12.2 Å². The van der Waals surface area contributed by atoms with Crippen LogP contribution in [0, 0.1) is 51.4 Å². The van der Waals surface area contributed by atoms with Crippen LogP contribution in [0.25, 0.3) is 45.1 Å². The first-order valence-corrected chi connectivity index (χ1v) is 45.3. The fraction of sp³-hybridized carbons (Fsp3) is 0.404. The summed E-state index contributed by atoms with van der Waals surface area (Å²) < 4.78 is 59.8. The van der Waals surface area contributed by atoms with E-state index in [2.05, 4.69) is 122 Å². The van der Waals surface area contributed by atoms with Crippen LogP contribution in [0.4, 0.5) is 46.0 Å². The Kier molecular flexibility index (Phi) is 29.1. The van der Waals surface area contributed by atoms with Gasteiger partial charge in [0.1, 0.15) is 34.5 Å². The van der Waals surface area contributed by atoms with Crippen molar-refractivity contribution in [3.8, 4) is 63.4 Å². The predicted molar refractivity (Wildman–Crippen MR) is 499 cm³/mol. The number of benzene rings is 4. The van der Waals surface area contributed by atoms with Crippen molar-refractivity contribution in [1.29, 1.82) is 15.8 Å². The van der Waals surface area contributed by atoms with E-state index in [-0.39, 0.29) is 152 Å². The highest BCUT2D eigenvalue weighted by molar-refractivity contribution is 6.35. The van der Waals surface area contributed by atoms with Gasteiger partial charge in [0.25, 0.3) is 17.7 Å². The van der Waals surface area contributed by atoms with Gasteiger partial charge in [-0.15, -0.1) is 0 Å². The minimum Gasteiger partial charge on any atom is -0.443 e. The van der Waals surface area contributed by atoms with E-state index in [4.69, 9.17) is 36.4 Å². The number of amides is 5. The molecule has 18 rings (SSSR count). The number of piperidine rings is 4.